The number of aliphatic imine (C=N–C) groups is 1. The van der Waals surface area contributed by atoms with Crippen molar-refractivity contribution in [3.63, 3.8) is 0 Å². The number of aliphatic carboxylic acids is 1. The molecule has 0 saturated carbocycles. The number of guanidine groups is 1. The highest BCUT2D eigenvalue weighted by Crippen LogP contribution is 2.20. The molecule has 0 aromatic carbocycles. The number of nitrogens with one attached hydrogen (secondary N) is 5. The number of aliphatic hydroxyl groups is 1. The zero-order valence-electron chi connectivity index (χ0n) is 28.5. The van der Waals surface area contributed by atoms with E-state index in [0.29, 0.717) is 12.8 Å². The second-order valence-electron chi connectivity index (χ2n) is 12.3. The van der Waals surface area contributed by atoms with Crippen LogP contribution >= 0.6 is 0 Å². The number of likely N-dealkylation sites (tertiary alicyclic amines) is 1. The van der Waals surface area contributed by atoms with Gasteiger partial charge in [-0.05, 0) is 44.9 Å². The molecule has 1 aliphatic rings. The van der Waals surface area contributed by atoms with E-state index in [1.807, 2.05) is 0 Å². The lowest BCUT2D eigenvalue weighted by molar-refractivity contribution is -0.143. The number of amides is 7. The molecule has 6 atom stereocenters. The van der Waals surface area contributed by atoms with Crippen LogP contribution < -0.4 is 49.5 Å². The minimum atomic E-state index is -1.59. The highest BCUT2D eigenvalue weighted by Gasteiger charge is 2.38. The normalized spacial score (nSPS) is 16.9. The zero-order chi connectivity index (χ0) is 38.1. The van der Waals surface area contributed by atoms with Gasteiger partial charge in [-0.3, -0.25) is 43.3 Å². The van der Waals surface area contributed by atoms with Gasteiger partial charge in [-0.25, -0.2) is 0 Å². The van der Waals surface area contributed by atoms with Crippen LogP contribution in [0.4, 0.5) is 0 Å². The molecule has 21 nitrogen and oxygen atoms in total. The quantitative estimate of drug-likeness (QED) is 0.0301. The Morgan fingerprint density at radius 2 is 1.50 bits per heavy atom. The van der Waals surface area contributed by atoms with Crippen LogP contribution in [0, 0.1) is 5.92 Å². The summed E-state index contributed by atoms with van der Waals surface area (Å²) in [5, 5.41) is 30.3. The van der Waals surface area contributed by atoms with Gasteiger partial charge in [-0.15, -0.1) is 0 Å². The molecule has 15 N–H and O–H groups in total. The zero-order valence-corrected chi connectivity index (χ0v) is 28.5. The summed E-state index contributed by atoms with van der Waals surface area (Å²) < 4.78 is 0. The van der Waals surface area contributed by atoms with E-state index < -0.39 is 103 Å². The van der Waals surface area contributed by atoms with E-state index in [2.05, 4.69) is 31.6 Å². The Labute approximate surface area is 289 Å². The fraction of sp³-hybridized carbons (Fsp3) is 0.690. The molecule has 0 aromatic rings. The molecule has 0 radical (unpaired) electrons. The maximum atomic E-state index is 13.5. The van der Waals surface area contributed by atoms with E-state index in [4.69, 9.17) is 28.0 Å². The maximum Gasteiger partial charge on any atom is 0.322 e. The van der Waals surface area contributed by atoms with Gasteiger partial charge in [-0.2, -0.15) is 0 Å². The largest absolute Gasteiger partial charge is 0.480 e. The average molecular weight is 714 g/mol. The number of carboxylic acids is 1. The number of primary amides is 1. The van der Waals surface area contributed by atoms with E-state index in [9.17, 15) is 43.5 Å². The number of nitrogens with two attached hydrogens (primary N) is 4. The van der Waals surface area contributed by atoms with E-state index in [-0.39, 0.29) is 44.2 Å². The molecule has 0 aromatic heterocycles. The topological polar surface area (TPSA) is 357 Å². The van der Waals surface area contributed by atoms with Gasteiger partial charge in [0, 0.05) is 13.1 Å². The van der Waals surface area contributed by atoms with Gasteiger partial charge in [0.05, 0.1) is 19.1 Å². The monoisotopic (exact) mass is 713 g/mol. The molecule has 0 unspecified atom stereocenters. The van der Waals surface area contributed by atoms with E-state index in [0.717, 1.165) is 0 Å². The predicted molar refractivity (Wildman–Crippen MR) is 177 cm³/mol. The van der Waals surface area contributed by atoms with Crippen molar-refractivity contribution in [1.29, 1.82) is 0 Å². The molecule has 1 saturated heterocycles. The minimum absolute atomic E-state index is 0.0431. The van der Waals surface area contributed by atoms with Crippen molar-refractivity contribution in [3.05, 3.63) is 0 Å². The first kappa shape index (κ1) is 43.0. The van der Waals surface area contributed by atoms with Crippen molar-refractivity contribution >= 4 is 53.3 Å². The number of hydrogen-bond acceptors (Lipinski definition) is 11. The summed E-state index contributed by atoms with van der Waals surface area (Å²) in [6, 6.07) is -6.29. The van der Waals surface area contributed by atoms with E-state index in [1.54, 1.807) is 13.8 Å². The summed E-state index contributed by atoms with van der Waals surface area (Å²) in [5.41, 5.74) is 21.6. The molecule has 1 rings (SSSR count). The summed E-state index contributed by atoms with van der Waals surface area (Å²) >= 11 is 0. The molecule has 1 heterocycles. The number of nitrogens with zero attached hydrogens (tertiary/aromatic N) is 2. The van der Waals surface area contributed by atoms with Crippen LogP contribution in [0.15, 0.2) is 4.99 Å². The van der Waals surface area contributed by atoms with Gasteiger partial charge >= 0.3 is 5.97 Å². The van der Waals surface area contributed by atoms with Gasteiger partial charge in [0.2, 0.25) is 41.4 Å². The molecule has 1 fully saturated rings. The third kappa shape index (κ3) is 15.4. The second-order valence-corrected chi connectivity index (χ2v) is 12.3. The smallest absolute Gasteiger partial charge is 0.322 e. The van der Waals surface area contributed by atoms with Crippen molar-refractivity contribution in [2.45, 2.75) is 95.6 Å². The van der Waals surface area contributed by atoms with Crippen molar-refractivity contribution in [2.24, 2.45) is 33.8 Å². The third-order valence-corrected chi connectivity index (χ3v) is 7.45. The summed E-state index contributed by atoms with van der Waals surface area (Å²) in [7, 11) is 0. The molecule has 0 bridgehead atoms. The van der Waals surface area contributed by atoms with Gasteiger partial charge < -0.3 is 64.6 Å². The Morgan fingerprint density at radius 1 is 0.860 bits per heavy atom. The minimum Gasteiger partial charge on any atom is -0.480 e. The highest BCUT2D eigenvalue weighted by molar-refractivity contribution is 5.97. The number of carbonyl (C=O) groups excluding carboxylic acids is 7. The summed E-state index contributed by atoms with van der Waals surface area (Å²) in [6.07, 6.45) is -0.834. The fourth-order valence-electron chi connectivity index (χ4n) is 4.95. The highest BCUT2D eigenvalue weighted by atomic mass is 16.4. The van der Waals surface area contributed by atoms with Crippen LogP contribution in [-0.2, 0) is 38.4 Å². The molecule has 0 spiro atoms. The first-order valence-electron chi connectivity index (χ1n) is 16.1. The van der Waals surface area contributed by atoms with Crippen molar-refractivity contribution in [2.75, 3.05) is 26.2 Å². The van der Waals surface area contributed by atoms with Crippen LogP contribution in [0.2, 0.25) is 0 Å². The Balaban J connectivity index is 3.01. The lowest BCUT2D eigenvalue weighted by atomic mass is 10.0. The van der Waals surface area contributed by atoms with Crippen LogP contribution in [0.3, 0.4) is 0 Å². The molecule has 0 aliphatic carbocycles. The van der Waals surface area contributed by atoms with Gasteiger partial charge in [0.25, 0.3) is 0 Å². The van der Waals surface area contributed by atoms with Gasteiger partial charge in [-0.1, -0.05) is 13.8 Å². The Morgan fingerprint density at radius 3 is 2.06 bits per heavy atom. The van der Waals surface area contributed by atoms with Crippen LogP contribution in [0.5, 0.6) is 0 Å². The van der Waals surface area contributed by atoms with E-state index in [1.165, 1.54) is 11.8 Å². The van der Waals surface area contributed by atoms with Crippen LogP contribution in [0.1, 0.15) is 59.3 Å². The number of hydrogen-bond donors (Lipinski definition) is 11. The standard InChI is InChI=1S/C29H51N11O10/c1-14(2)10-18(28(50)40-9-5-7-19(40)26(48)36-13-22(44)45)37-21(43)12-35-24(46)17(11-20(30)42)39-25(47)16(6-4-8-34-29(32)33)38-27(49)23(31)15(3)41/h14-19,23,41H,4-13,31H2,1-3H3,(H2,30,42)(H,35,46)(H,36,48)(H,37,43)(H,38,49)(H,39,47)(H,44,45)(H4,32,33,34)/t15-,16+,17+,18+,19+,23+/m1/s1. The number of aliphatic hydroxyl groups excluding tert-OH is 1. The summed E-state index contributed by atoms with van der Waals surface area (Å²) in [5.74, 6) is -7.28. The Hall–Kier alpha value is -5.05. The Bertz CT molecular complexity index is 1270. The van der Waals surface area contributed by atoms with E-state index >= 15 is 0 Å². The van der Waals surface area contributed by atoms with Crippen molar-refractivity contribution < 1.29 is 48.6 Å². The second kappa shape index (κ2) is 21.1. The predicted octanol–water partition coefficient (Wildman–Crippen LogP) is -5.57. The molecule has 282 valence electrons. The molecular formula is C29H51N11O10. The van der Waals surface area contributed by atoms with Gasteiger partial charge in [0.1, 0.15) is 36.8 Å². The van der Waals surface area contributed by atoms with Crippen LogP contribution in [-0.4, -0.2) is 131 Å². The van der Waals surface area contributed by atoms with Crippen molar-refractivity contribution in [1.82, 2.24) is 31.5 Å². The van der Waals surface area contributed by atoms with Gasteiger partial charge in [0.15, 0.2) is 5.96 Å². The Kier molecular flexibility index (Phi) is 18.2. The SMILES string of the molecule is CC(C)C[C@H](NC(=O)CNC(=O)[C@H](CC(N)=O)NC(=O)[C@H](CCCN=C(N)N)NC(=O)[C@@H](N)[C@@H](C)O)C(=O)N1CCC[C@H]1C(=O)NCC(=O)O. The number of carboxylic acid groups (broad SMARTS) is 1. The molecule has 7 amide bonds. The lowest BCUT2D eigenvalue weighted by Crippen LogP contribution is -2.58. The third-order valence-electron chi connectivity index (χ3n) is 7.45. The van der Waals surface area contributed by atoms with Crippen LogP contribution in [0.25, 0.3) is 0 Å². The first-order chi connectivity index (χ1) is 23.3. The first-order valence-corrected chi connectivity index (χ1v) is 16.1. The number of carbonyl (C=O) groups is 8. The molecule has 1 aliphatic heterocycles. The molecule has 50 heavy (non-hydrogen) atoms. The number of rotatable bonds is 21. The molecule has 21 heteroatoms. The molecular weight excluding hydrogens is 662 g/mol. The lowest BCUT2D eigenvalue weighted by Gasteiger charge is -2.29. The fourth-order valence-corrected chi connectivity index (χ4v) is 4.95. The maximum absolute atomic E-state index is 13.5. The summed E-state index contributed by atoms with van der Waals surface area (Å²) in [6.45, 7) is 3.88. The average Bonchev–Trinajstić information content (AvgIpc) is 3.52. The van der Waals surface area contributed by atoms with Crippen molar-refractivity contribution in [3.8, 4) is 0 Å². The summed E-state index contributed by atoms with van der Waals surface area (Å²) in [4.78, 5) is 105.